The van der Waals surface area contributed by atoms with Gasteiger partial charge in [-0.05, 0) is 31.6 Å². The molecule has 0 radical (unpaired) electrons. The molecule has 2 fully saturated rings. The van der Waals surface area contributed by atoms with Gasteiger partial charge in [-0.2, -0.15) is 0 Å². The molecule has 0 spiro atoms. The van der Waals surface area contributed by atoms with Crippen molar-refractivity contribution in [1.82, 2.24) is 10.2 Å². The molecule has 19 heavy (non-hydrogen) atoms. The monoisotopic (exact) mass is 270 g/mol. The highest BCUT2D eigenvalue weighted by molar-refractivity contribution is 5.83. The average molecular weight is 270 g/mol. The Bertz CT molecular complexity index is 358. The molecule has 0 aliphatic carbocycles. The molecule has 0 aromatic rings. The molecule has 2 amide bonds. The van der Waals surface area contributed by atoms with Crippen molar-refractivity contribution in [3.8, 4) is 0 Å². The van der Waals surface area contributed by atoms with E-state index in [0.717, 1.165) is 12.8 Å². The number of fused-ring (bicyclic) bond motifs is 2. The van der Waals surface area contributed by atoms with Gasteiger partial charge >= 0.3 is 12.0 Å². The molecule has 0 aromatic carbocycles. The molecule has 2 rings (SSSR count). The van der Waals surface area contributed by atoms with Gasteiger partial charge in [0.15, 0.2) is 0 Å². The van der Waals surface area contributed by atoms with E-state index in [1.165, 1.54) is 0 Å². The number of aliphatic hydroxyl groups excluding tert-OH is 1. The van der Waals surface area contributed by atoms with Crippen LogP contribution in [0.15, 0.2) is 0 Å². The molecule has 2 saturated heterocycles. The number of aliphatic hydroxyl groups is 1. The summed E-state index contributed by atoms with van der Waals surface area (Å²) >= 11 is 0. The van der Waals surface area contributed by atoms with E-state index in [9.17, 15) is 14.7 Å². The van der Waals surface area contributed by atoms with Crippen molar-refractivity contribution in [3.05, 3.63) is 0 Å². The van der Waals surface area contributed by atoms with Gasteiger partial charge in [-0.15, -0.1) is 0 Å². The first-order valence-electron chi connectivity index (χ1n) is 6.89. The Morgan fingerprint density at radius 2 is 1.74 bits per heavy atom. The maximum atomic E-state index is 12.3. The maximum Gasteiger partial charge on any atom is 0.326 e. The van der Waals surface area contributed by atoms with Crippen LogP contribution in [0.5, 0.6) is 0 Å². The third-order valence-corrected chi connectivity index (χ3v) is 4.15. The number of rotatable bonds is 3. The minimum absolute atomic E-state index is 0.0513. The smallest absolute Gasteiger partial charge is 0.326 e. The zero-order valence-electron chi connectivity index (χ0n) is 11.4. The first-order valence-corrected chi connectivity index (χ1v) is 6.89. The Labute approximate surface area is 112 Å². The van der Waals surface area contributed by atoms with E-state index in [1.807, 2.05) is 0 Å². The molecule has 2 bridgehead atoms. The van der Waals surface area contributed by atoms with E-state index in [-0.39, 0.29) is 30.1 Å². The van der Waals surface area contributed by atoms with Gasteiger partial charge in [0.1, 0.15) is 6.04 Å². The highest BCUT2D eigenvalue weighted by atomic mass is 16.4. The van der Waals surface area contributed by atoms with Gasteiger partial charge in [0.2, 0.25) is 0 Å². The highest BCUT2D eigenvalue weighted by Gasteiger charge is 2.43. The Kier molecular flexibility index (Phi) is 3.99. The predicted molar refractivity (Wildman–Crippen MR) is 68.7 cm³/mol. The fourth-order valence-electron chi connectivity index (χ4n) is 3.20. The number of nitrogens with zero attached hydrogens (tertiary/aromatic N) is 1. The summed E-state index contributed by atoms with van der Waals surface area (Å²) in [4.78, 5) is 25.1. The predicted octanol–water partition coefficient (Wildman–Crippen LogP) is 0.793. The Balaban J connectivity index is 2.02. The number of aliphatic carboxylic acids is 1. The van der Waals surface area contributed by atoms with Gasteiger partial charge in [-0.25, -0.2) is 9.59 Å². The number of carboxylic acids is 1. The van der Waals surface area contributed by atoms with Crippen molar-refractivity contribution in [2.45, 2.75) is 63.8 Å². The molecule has 0 saturated carbocycles. The lowest BCUT2D eigenvalue weighted by molar-refractivity contribution is -0.140. The second-order valence-electron chi connectivity index (χ2n) is 5.93. The van der Waals surface area contributed by atoms with Crippen LogP contribution in [0.1, 0.15) is 39.5 Å². The molecule has 3 N–H and O–H groups in total. The van der Waals surface area contributed by atoms with Crippen LogP contribution in [0.2, 0.25) is 0 Å². The fourth-order valence-corrected chi connectivity index (χ4v) is 3.20. The van der Waals surface area contributed by atoms with E-state index in [4.69, 9.17) is 5.11 Å². The summed E-state index contributed by atoms with van der Waals surface area (Å²) in [6.07, 6.45) is 2.66. The lowest BCUT2D eigenvalue weighted by atomic mass is 10.00. The maximum absolute atomic E-state index is 12.3. The number of carboxylic acid groups (broad SMARTS) is 1. The average Bonchev–Trinajstić information content (AvgIpc) is 2.57. The fraction of sp³-hybridized carbons (Fsp3) is 0.846. The van der Waals surface area contributed by atoms with Crippen LogP contribution >= 0.6 is 0 Å². The standard InChI is InChI=1S/C13H22N2O4/c1-7(2)11(12(17)18)14-13(19)15-8-3-4-9(15)6-10(16)5-8/h7-11,16H,3-6H2,1-2H3,(H,14,19)(H,17,18)/t8?,9?,10?,11-/m1/s1. The Morgan fingerprint density at radius 3 is 2.16 bits per heavy atom. The van der Waals surface area contributed by atoms with Gasteiger partial charge in [0.25, 0.3) is 0 Å². The third-order valence-electron chi connectivity index (χ3n) is 4.15. The number of piperidine rings is 1. The van der Waals surface area contributed by atoms with E-state index in [0.29, 0.717) is 12.8 Å². The number of nitrogens with one attached hydrogen (secondary N) is 1. The van der Waals surface area contributed by atoms with Crippen molar-refractivity contribution in [1.29, 1.82) is 0 Å². The molecular weight excluding hydrogens is 248 g/mol. The van der Waals surface area contributed by atoms with Crippen LogP contribution in [0.25, 0.3) is 0 Å². The van der Waals surface area contributed by atoms with Crippen LogP contribution in [0.4, 0.5) is 4.79 Å². The van der Waals surface area contributed by atoms with Crippen molar-refractivity contribution < 1.29 is 19.8 Å². The van der Waals surface area contributed by atoms with Gasteiger partial charge in [0.05, 0.1) is 6.10 Å². The van der Waals surface area contributed by atoms with E-state index in [2.05, 4.69) is 5.32 Å². The molecule has 2 aliphatic rings. The van der Waals surface area contributed by atoms with Gasteiger partial charge < -0.3 is 20.4 Å². The molecule has 0 aromatic heterocycles. The van der Waals surface area contributed by atoms with E-state index in [1.54, 1.807) is 18.7 Å². The lowest BCUT2D eigenvalue weighted by Gasteiger charge is -2.38. The molecule has 108 valence electrons. The van der Waals surface area contributed by atoms with Gasteiger partial charge in [0, 0.05) is 12.1 Å². The largest absolute Gasteiger partial charge is 0.480 e. The number of carbonyl (C=O) groups is 2. The lowest BCUT2D eigenvalue weighted by Crippen LogP contribution is -2.56. The quantitative estimate of drug-likeness (QED) is 0.707. The first kappa shape index (κ1) is 14.1. The molecular formula is C13H22N2O4. The number of amides is 2. The van der Waals surface area contributed by atoms with Gasteiger partial charge in [-0.3, -0.25) is 0 Å². The Morgan fingerprint density at radius 1 is 1.21 bits per heavy atom. The summed E-state index contributed by atoms with van der Waals surface area (Å²) in [7, 11) is 0. The number of urea groups is 1. The van der Waals surface area contributed by atoms with Crippen molar-refractivity contribution in [3.63, 3.8) is 0 Å². The molecule has 2 heterocycles. The van der Waals surface area contributed by atoms with E-state index < -0.39 is 12.0 Å². The Hall–Kier alpha value is -1.30. The minimum atomic E-state index is -1.01. The van der Waals surface area contributed by atoms with Crippen molar-refractivity contribution in [2.24, 2.45) is 5.92 Å². The third kappa shape index (κ3) is 2.83. The number of hydrogen-bond acceptors (Lipinski definition) is 3. The zero-order chi connectivity index (χ0) is 14.2. The minimum Gasteiger partial charge on any atom is -0.480 e. The number of carbonyl (C=O) groups excluding carboxylic acids is 1. The van der Waals surface area contributed by atoms with Crippen molar-refractivity contribution >= 4 is 12.0 Å². The topological polar surface area (TPSA) is 89.9 Å². The van der Waals surface area contributed by atoms with Crippen LogP contribution in [0.3, 0.4) is 0 Å². The molecule has 2 aliphatic heterocycles. The van der Waals surface area contributed by atoms with E-state index >= 15 is 0 Å². The summed E-state index contributed by atoms with van der Waals surface area (Å²) in [5.41, 5.74) is 0. The summed E-state index contributed by atoms with van der Waals surface area (Å²) in [6.45, 7) is 3.54. The molecule has 3 atom stereocenters. The second kappa shape index (κ2) is 5.36. The van der Waals surface area contributed by atoms with Crippen LogP contribution < -0.4 is 5.32 Å². The summed E-state index contributed by atoms with van der Waals surface area (Å²) in [6, 6.07) is -1.06. The van der Waals surface area contributed by atoms with Crippen LogP contribution in [-0.4, -0.2) is 51.3 Å². The summed E-state index contributed by atoms with van der Waals surface area (Å²) in [5.74, 6) is -1.16. The molecule has 6 nitrogen and oxygen atoms in total. The number of hydrogen-bond donors (Lipinski definition) is 3. The highest BCUT2D eigenvalue weighted by Crippen LogP contribution is 2.35. The van der Waals surface area contributed by atoms with Crippen LogP contribution in [0, 0.1) is 5.92 Å². The molecule has 2 unspecified atom stereocenters. The van der Waals surface area contributed by atoms with Gasteiger partial charge in [-0.1, -0.05) is 13.8 Å². The molecule has 6 heteroatoms. The van der Waals surface area contributed by atoms with Crippen molar-refractivity contribution in [2.75, 3.05) is 0 Å². The summed E-state index contributed by atoms with van der Waals surface area (Å²) < 4.78 is 0. The SMILES string of the molecule is CC(C)[C@@H](NC(=O)N1C2CCC1CC(O)C2)C(=O)O. The normalized spacial score (nSPS) is 31.4. The zero-order valence-corrected chi connectivity index (χ0v) is 11.4. The second-order valence-corrected chi connectivity index (χ2v) is 5.93. The summed E-state index contributed by atoms with van der Waals surface area (Å²) in [5, 5.41) is 21.4. The van der Waals surface area contributed by atoms with Crippen LogP contribution in [-0.2, 0) is 4.79 Å². The first-order chi connectivity index (χ1) is 8.90.